The molecular weight excluding hydrogens is 355 g/mol. The van der Waals surface area contributed by atoms with E-state index in [1.165, 1.54) is 23.5 Å². The molecule has 1 aliphatic rings. The predicted molar refractivity (Wildman–Crippen MR) is 97.4 cm³/mol. The molecule has 0 atom stereocenters. The van der Waals surface area contributed by atoms with E-state index in [1.807, 2.05) is 0 Å². The molecule has 1 aliphatic carbocycles. The Bertz CT molecular complexity index is 800. The van der Waals surface area contributed by atoms with Gasteiger partial charge in [0.2, 0.25) is 5.91 Å². The number of carbonyl (C=O) groups excluding carboxylic acids is 1. The minimum atomic E-state index is -0.845. The van der Waals surface area contributed by atoms with Gasteiger partial charge in [-0.1, -0.05) is 31.4 Å². The van der Waals surface area contributed by atoms with Crippen LogP contribution in [0.4, 0.5) is 4.39 Å². The fourth-order valence-electron chi connectivity index (χ4n) is 3.33. The van der Waals surface area contributed by atoms with Crippen molar-refractivity contribution in [2.24, 2.45) is 5.41 Å². The summed E-state index contributed by atoms with van der Waals surface area (Å²) in [4.78, 5) is 28.2. The lowest BCUT2D eigenvalue weighted by molar-refractivity contribution is -0.151. The van der Waals surface area contributed by atoms with Gasteiger partial charge in [-0.2, -0.15) is 0 Å². The Hall–Kier alpha value is -2.28. The maximum atomic E-state index is 13.3. The molecule has 0 unspecified atom stereocenters. The van der Waals surface area contributed by atoms with Crippen molar-refractivity contribution in [3.63, 3.8) is 0 Å². The number of amides is 1. The number of hydrogen-bond donors (Lipinski definition) is 2. The van der Waals surface area contributed by atoms with Gasteiger partial charge in [-0.15, -0.1) is 11.3 Å². The largest absolute Gasteiger partial charge is 0.481 e. The summed E-state index contributed by atoms with van der Waals surface area (Å²) < 4.78 is 13.3. The summed E-state index contributed by atoms with van der Waals surface area (Å²) in [5, 5.41) is 14.7. The summed E-state index contributed by atoms with van der Waals surface area (Å²) in [6, 6.07) is 6.16. The summed E-state index contributed by atoms with van der Waals surface area (Å²) in [6.45, 7) is 0.155. The molecule has 138 valence electrons. The molecule has 2 N–H and O–H groups in total. The minimum absolute atomic E-state index is 0.0848. The van der Waals surface area contributed by atoms with Gasteiger partial charge in [-0.3, -0.25) is 9.59 Å². The Labute approximate surface area is 155 Å². The van der Waals surface area contributed by atoms with Crippen LogP contribution in [0.5, 0.6) is 0 Å². The van der Waals surface area contributed by atoms with Crippen molar-refractivity contribution < 1.29 is 19.1 Å². The summed E-state index contributed by atoms with van der Waals surface area (Å²) in [6.07, 6.45) is 4.09. The third kappa shape index (κ3) is 4.27. The van der Waals surface area contributed by atoms with Gasteiger partial charge >= 0.3 is 5.97 Å². The molecule has 0 spiro atoms. The molecule has 0 radical (unpaired) electrons. The number of nitrogens with zero attached hydrogens (tertiary/aromatic N) is 1. The van der Waals surface area contributed by atoms with Gasteiger partial charge in [0.25, 0.3) is 0 Å². The van der Waals surface area contributed by atoms with E-state index >= 15 is 0 Å². The molecule has 1 fully saturated rings. The highest BCUT2D eigenvalue weighted by molar-refractivity contribution is 7.13. The van der Waals surface area contributed by atoms with Crippen molar-refractivity contribution in [3.8, 4) is 10.6 Å². The second-order valence-electron chi connectivity index (χ2n) is 6.75. The molecule has 0 aliphatic heterocycles. The van der Waals surface area contributed by atoms with Gasteiger partial charge in [0.15, 0.2) is 0 Å². The molecule has 1 amide bonds. The van der Waals surface area contributed by atoms with Crippen molar-refractivity contribution in [2.75, 3.05) is 6.54 Å². The SMILES string of the molecule is O=C(Cc1csc(-c2cccc(F)c2)n1)NCC1(C(=O)O)CCCCC1. The van der Waals surface area contributed by atoms with Crippen LogP contribution in [0.25, 0.3) is 10.6 Å². The number of aromatic nitrogens is 1. The number of aliphatic carboxylic acids is 1. The smallest absolute Gasteiger partial charge is 0.311 e. The fourth-order valence-corrected chi connectivity index (χ4v) is 4.15. The number of nitrogens with one attached hydrogen (secondary N) is 1. The molecule has 26 heavy (non-hydrogen) atoms. The number of halogens is 1. The molecule has 0 bridgehead atoms. The van der Waals surface area contributed by atoms with E-state index in [-0.39, 0.29) is 24.7 Å². The summed E-state index contributed by atoms with van der Waals surface area (Å²) in [5.74, 6) is -1.41. The van der Waals surface area contributed by atoms with Gasteiger partial charge in [-0.25, -0.2) is 9.37 Å². The highest BCUT2D eigenvalue weighted by Crippen LogP contribution is 2.36. The van der Waals surface area contributed by atoms with E-state index in [2.05, 4.69) is 10.3 Å². The highest BCUT2D eigenvalue weighted by atomic mass is 32.1. The second kappa shape index (κ2) is 7.95. The Morgan fingerprint density at radius 2 is 2.04 bits per heavy atom. The number of benzene rings is 1. The molecule has 1 saturated carbocycles. The van der Waals surface area contributed by atoms with Gasteiger partial charge in [0.05, 0.1) is 17.5 Å². The van der Waals surface area contributed by atoms with E-state index < -0.39 is 11.4 Å². The van der Waals surface area contributed by atoms with Crippen molar-refractivity contribution in [2.45, 2.75) is 38.5 Å². The van der Waals surface area contributed by atoms with Crippen molar-refractivity contribution >= 4 is 23.2 Å². The molecular formula is C19H21FN2O3S. The van der Waals surface area contributed by atoms with Crippen LogP contribution in [0.1, 0.15) is 37.8 Å². The quantitative estimate of drug-likeness (QED) is 0.807. The van der Waals surface area contributed by atoms with Gasteiger partial charge in [0.1, 0.15) is 10.8 Å². The fraction of sp³-hybridized carbons (Fsp3) is 0.421. The van der Waals surface area contributed by atoms with E-state index in [1.54, 1.807) is 17.5 Å². The zero-order valence-corrected chi connectivity index (χ0v) is 15.2. The van der Waals surface area contributed by atoms with E-state index in [4.69, 9.17) is 0 Å². The normalized spacial score (nSPS) is 16.2. The standard InChI is InChI=1S/C19H21FN2O3S/c20-14-6-4-5-13(9-14)17-22-15(11-26-17)10-16(23)21-12-19(18(24)25)7-2-1-3-8-19/h4-6,9,11H,1-3,7-8,10,12H2,(H,21,23)(H,24,25). The zero-order valence-electron chi connectivity index (χ0n) is 14.3. The van der Waals surface area contributed by atoms with E-state index in [0.29, 0.717) is 29.1 Å². The van der Waals surface area contributed by atoms with Crippen molar-refractivity contribution in [3.05, 3.63) is 41.2 Å². The first-order valence-corrected chi connectivity index (χ1v) is 9.57. The van der Waals surface area contributed by atoms with Crippen LogP contribution in [0.2, 0.25) is 0 Å². The van der Waals surface area contributed by atoms with Crippen LogP contribution < -0.4 is 5.32 Å². The maximum absolute atomic E-state index is 13.3. The average molecular weight is 376 g/mol. The molecule has 5 nitrogen and oxygen atoms in total. The van der Waals surface area contributed by atoms with Crippen LogP contribution in [-0.2, 0) is 16.0 Å². The van der Waals surface area contributed by atoms with Crippen LogP contribution in [0.15, 0.2) is 29.6 Å². The Morgan fingerprint density at radius 1 is 1.27 bits per heavy atom. The number of hydrogen-bond acceptors (Lipinski definition) is 4. The maximum Gasteiger partial charge on any atom is 0.311 e. The lowest BCUT2D eigenvalue weighted by atomic mass is 9.74. The Morgan fingerprint density at radius 3 is 2.73 bits per heavy atom. The summed E-state index contributed by atoms with van der Waals surface area (Å²) >= 11 is 1.35. The first kappa shape index (κ1) is 18.5. The number of carboxylic acids is 1. The molecule has 1 aromatic heterocycles. The van der Waals surface area contributed by atoms with Crippen LogP contribution in [0.3, 0.4) is 0 Å². The Balaban J connectivity index is 1.59. The molecule has 0 saturated heterocycles. The molecule has 1 heterocycles. The van der Waals surface area contributed by atoms with Gasteiger partial charge < -0.3 is 10.4 Å². The molecule has 1 aromatic carbocycles. The first-order chi connectivity index (χ1) is 12.5. The number of carbonyl (C=O) groups is 2. The van der Waals surface area contributed by atoms with E-state index in [0.717, 1.165) is 19.3 Å². The van der Waals surface area contributed by atoms with Crippen molar-refractivity contribution in [1.82, 2.24) is 10.3 Å². The lowest BCUT2D eigenvalue weighted by Crippen LogP contribution is -2.44. The summed E-state index contributed by atoms with van der Waals surface area (Å²) in [7, 11) is 0. The number of carboxylic acid groups (broad SMARTS) is 1. The molecule has 7 heteroatoms. The predicted octanol–water partition coefficient (Wildman–Crippen LogP) is 3.64. The third-order valence-corrected chi connectivity index (χ3v) is 5.79. The topological polar surface area (TPSA) is 79.3 Å². The Kier molecular flexibility index (Phi) is 5.66. The lowest BCUT2D eigenvalue weighted by Gasteiger charge is -2.33. The van der Waals surface area contributed by atoms with Crippen LogP contribution in [-0.4, -0.2) is 28.5 Å². The zero-order chi connectivity index (χ0) is 18.6. The summed E-state index contributed by atoms with van der Waals surface area (Å²) in [5.41, 5.74) is 0.427. The second-order valence-corrected chi connectivity index (χ2v) is 7.61. The third-order valence-electron chi connectivity index (χ3n) is 4.85. The monoisotopic (exact) mass is 376 g/mol. The van der Waals surface area contributed by atoms with Crippen molar-refractivity contribution in [1.29, 1.82) is 0 Å². The van der Waals surface area contributed by atoms with Gasteiger partial charge in [-0.05, 0) is 25.0 Å². The first-order valence-electron chi connectivity index (χ1n) is 8.69. The van der Waals surface area contributed by atoms with Gasteiger partial charge in [0, 0.05) is 17.5 Å². The number of thiazole rings is 1. The average Bonchev–Trinajstić information content (AvgIpc) is 3.09. The highest BCUT2D eigenvalue weighted by Gasteiger charge is 2.39. The van der Waals surface area contributed by atoms with Crippen LogP contribution >= 0.6 is 11.3 Å². The molecule has 2 aromatic rings. The van der Waals surface area contributed by atoms with E-state index in [9.17, 15) is 19.1 Å². The molecule has 3 rings (SSSR count). The van der Waals surface area contributed by atoms with Crippen LogP contribution in [0, 0.1) is 11.2 Å². The minimum Gasteiger partial charge on any atom is -0.481 e. The number of rotatable bonds is 6.